The summed E-state index contributed by atoms with van der Waals surface area (Å²) in [6.07, 6.45) is -0.614. The van der Waals surface area contributed by atoms with Gasteiger partial charge in [0.25, 0.3) is 5.91 Å². The van der Waals surface area contributed by atoms with Crippen molar-refractivity contribution in [2.75, 3.05) is 26.9 Å². The molecule has 0 fully saturated rings. The minimum absolute atomic E-state index is 0.0817. The topological polar surface area (TPSA) is 56.8 Å². The molecule has 1 amide bonds. The molecule has 1 aliphatic heterocycles. The van der Waals surface area contributed by atoms with Crippen molar-refractivity contribution in [3.63, 3.8) is 0 Å². The van der Waals surface area contributed by atoms with Crippen LogP contribution in [0.15, 0.2) is 24.3 Å². The number of amides is 1. The van der Waals surface area contributed by atoms with Crippen molar-refractivity contribution in [1.29, 1.82) is 0 Å². The van der Waals surface area contributed by atoms with Gasteiger partial charge in [0.15, 0.2) is 11.5 Å². The molecule has 0 saturated carbocycles. The van der Waals surface area contributed by atoms with E-state index in [1.165, 1.54) is 0 Å². The van der Waals surface area contributed by atoms with E-state index in [2.05, 4.69) is 21.2 Å². The molecule has 5 nitrogen and oxygen atoms in total. The number of nitrogens with one attached hydrogen (secondary N) is 1. The van der Waals surface area contributed by atoms with Gasteiger partial charge in [0.05, 0.1) is 11.4 Å². The number of benzene rings is 1. The Labute approximate surface area is 120 Å². The SMILES string of the molecule is COCC(Br)CNC(=O)C1COc2ccccc2O1. The molecule has 0 radical (unpaired) electrons. The Morgan fingerprint density at radius 2 is 2.26 bits per heavy atom. The van der Waals surface area contributed by atoms with E-state index in [-0.39, 0.29) is 17.3 Å². The zero-order chi connectivity index (χ0) is 13.7. The molecular weight excluding hydrogens is 314 g/mol. The van der Waals surface area contributed by atoms with Crippen LogP contribution in [0, 0.1) is 0 Å². The molecule has 2 rings (SSSR count). The maximum atomic E-state index is 11.9. The zero-order valence-corrected chi connectivity index (χ0v) is 12.2. The number of para-hydroxylation sites is 2. The van der Waals surface area contributed by atoms with E-state index in [9.17, 15) is 4.79 Å². The summed E-state index contributed by atoms with van der Waals surface area (Å²) in [5.41, 5.74) is 0. The molecule has 1 aliphatic rings. The van der Waals surface area contributed by atoms with Crippen LogP contribution < -0.4 is 14.8 Å². The fourth-order valence-electron chi connectivity index (χ4n) is 1.71. The molecule has 0 saturated heterocycles. The van der Waals surface area contributed by atoms with Crippen LogP contribution in [0.4, 0.5) is 0 Å². The summed E-state index contributed by atoms with van der Waals surface area (Å²) in [6.45, 7) is 1.24. The molecule has 0 aromatic heterocycles. The Bertz CT molecular complexity index is 440. The fourth-order valence-corrected chi connectivity index (χ4v) is 2.14. The highest BCUT2D eigenvalue weighted by molar-refractivity contribution is 9.09. The summed E-state index contributed by atoms with van der Waals surface area (Å²) in [6, 6.07) is 7.31. The maximum Gasteiger partial charge on any atom is 0.264 e. The molecule has 1 heterocycles. The van der Waals surface area contributed by atoms with Gasteiger partial charge in [0.2, 0.25) is 6.10 Å². The number of carbonyl (C=O) groups excluding carboxylic acids is 1. The summed E-state index contributed by atoms with van der Waals surface area (Å²) in [5, 5.41) is 2.80. The third kappa shape index (κ3) is 3.84. The number of hydrogen-bond donors (Lipinski definition) is 1. The van der Waals surface area contributed by atoms with Crippen LogP contribution >= 0.6 is 15.9 Å². The molecule has 2 atom stereocenters. The Hall–Kier alpha value is -1.27. The summed E-state index contributed by atoms with van der Waals surface area (Å²) in [4.78, 5) is 12.0. The first-order valence-electron chi connectivity index (χ1n) is 6.00. The van der Waals surface area contributed by atoms with Crippen molar-refractivity contribution in [1.82, 2.24) is 5.32 Å². The molecule has 0 aliphatic carbocycles. The number of alkyl halides is 1. The molecule has 1 aromatic carbocycles. The van der Waals surface area contributed by atoms with Crippen molar-refractivity contribution < 1.29 is 19.0 Å². The highest BCUT2D eigenvalue weighted by atomic mass is 79.9. The van der Waals surface area contributed by atoms with Crippen molar-refractivity contribution >= 4 is 21.8 Å². The predicted octanol–water partition coefficient (Wildman–Crippen LogP) is 1.35. The molecule has 1 aromatic rings. The third-order valence-electron chi connectivity index (χ3n) is 2.65. The number of fused-ring (bicyclic) bond motifs is 1. The van der Waals surface area contributed by atoms with Crippen LogP contribution in [0.5, 0.6) is 11.5 Å². The lowest BCUT2D eigenvalue weighted by molar-refractivity contribution is -0.130. The number of halogens is 1. The van der Waals surface area contributed by atoms with E-state index < -0.39 is 6.10 Å². The van der Waals surface area contributed by atoms with Gasteiger partial charge < -0.3 is 19.5 Å². The third-order valence-corrected chi connectivity index (χ3v) is 3.23. The zero-order valence-electron chi connectivity index (χ0n) is 10.6. The standard InChI is InChI=1S/C13H16BrNO4/c1-17-7-9(14)6-15-13(16)12-8-18-10-4-2-3-5-11(10)19-12/h2-5,9,12H,6-8H2,1H3,(H,15,16). The molecular formula is C13H16BrNO4. The first kappa shape index (κ1) is 14.1. The van der Waals surface area contributed by atoms with Gasteiger partial charge in [-0.3, -0.25) is 4.79 Å². The summed E-state index contributed by atoms with van der Waals surface area (Å²) < 4.78 is 16.1. The van der Waals surface area contributed by atoms with Crippen LogP contribution in [0.25, 0.3) is 0 Å². The van der Waals surface area contributed by atoms with E-state index in [0.717, 1.165) is 0 Å². The normalized spacial score (nSPS) is 18.7. The predicted molar refractivity (Wildman–Crippen MR) is 74.0 cm³/mol. The van der Waals surface area contributed by atoms with E-state index in [1.54, 1.807) is 13.2 Å². The summed E-state index contributed by atoms with van der Waals surface area (Å²) in [7, 11) is 1.62. The van der Waals surface area contributed by atoms with Crippen molar-refractivity contribution in [2.45, 2.75) is 10.9 Å². The van der Waals surface area contributed by atoms with Crippen molar-refractivity contribution in [2.24, 2.45) is 0 Å². The van der Waals surface area contributed by atoms with E-state index in [1.807, 2.05) is 18.2 Å². The van der Waals surface area contributed by atoms with Crippen molar-refractivity contribution in [3.8, 4) is 11.5 Å². The first-order chi connectivity index (χ1) is 9.20. The Kier molecular flexibility index (Phi) is 5.04. The fraction of sp³-hybridized carbons (Fsp3) is 0.462. The van der Waals surface area contributed by atoms with Crippen LogP contribution in [0.1, 0.15) is 0 Å². The van der Waals surface area contributed by atoms with Crippen LogP contribution in [0.3, 0.4) is 0 Å². The minimum Gasteiger partial charge on any atom is -0.485 e. The average molecular weight is 330 g/mol. The summed E-state index contributed by atoms with van der Waals surface area (Å²) >= 11 is 3.40. The monoisotopic (exact) mass is 329 g/mol. The second kappa shape index (κ2) is 6.77. The average Bonchev–Trinajstić information content (AvgIpc) is 2.44. The molecule has 0 spiro atoms. The number of methoxy groups -OCH3 is 1. The Morgan fingerprint density at radius 3 is 3.00 bits per heavy atom. The van der Waals surface area contributed by atoms with Gasteiger partial charge in [-0.2, -0.15) is 0 Å². The Balaban J connectivity index is 1.85. The minimum atomic E-state index is -0.614. The number of ether oxygens (including phenoxy) is 3. The lowest BCUT2D eigenvalue weighted by atomic mass is 10.2. The van der Waals surface area contributed by atoms with E-state index in [4.69, 9.17) is 14.2 Å². The molecule has 19 heavy (non-hydrogen) atoms. The molecule has 0 bridgehead atoms. The second-order valence-corrected chi connectivity index (χ2v) is 5.46. The number of rotatable bonds is 5. The van der Waals surface area contributed by atoms with Gasteiger partial charge in [0, 0.05) is 13.7 Å². The van der Waals surface area contributed by atoms with E-state index >= 15 is 0 Å². The lowest BCUT2D eigenvalue weighted by Gasteiger charge is -2.25. The van der Waals surface area contributed by atoms with Crippen LogP contribution in [-0.2, 0) is 9.53 Å². The maximum absolute atomic E-state index is 11.9. The van der Waals surface area contributed by atoms with E-state index in [0.29, 0.717) is 24.7 Å². The quantitative estimate of drug-likeness (QED) is 0.828. The highest BCUT2D eigenvalue weighted by Gasteiger charge is 2.27. The van der Waals surface area contributed by atoms with Gasteiger partial charge in [0.1, 0.15) is 6.61 Å². The lowest BCUT2D eigenvalue weighted by Crippen LogP contribution is -2.45. The second-order valence-electron chi connectivity index (χ2n) is 4.16. The Morgan fingerprint density at radius 1 is 1.53 bits per heavy atom. The smallest absolute Gasteiger partial charge is 0.264 e. The highest BCUT2D eigenvalue weighted by Crippen LogP contribution is 2.30. The molecule has 104 valence electrons. The first-order valence-corrected chi connectivity index (χ1v) is 6.91. The van der Waals surface area contributed by atoms with Crippen molar-refractivity contribution in [3.05, 3.63) is 24.3 Å². The van der Waals surface area contributed by atoms with Gasteiger partial charge in [-0.05, 0) is 12.1 Å². The largest absolute Gasteiger partial charge is 0.485 e. The molecule has 6 heteroatoms. The van der Waals surface area contributed by atoms with Crippen LogP contribution in [0.2, 0.25) is 0 Å². The molecule has 2 unspecified atom stereocenters. The van der Waals surface area contributed by atoms with Gasteiger partial charge in [-0.15, -0.1) is 0 Å². The van der Waals surface area contributed by atoms with Gasteiger partial charge in [-0.1, -0.05) is 28.1 Å². The summed E-state index contributed by atoms with van der Waals surface area (Å²) in [5.74, 6) is 1.08. The number of hydrogen-bond acceptors (Lipinski definition) is 4. The van der Waals surface area contributed by atoms with Crippen LogP contribution in [-0.4, -0.2) is 43.7 Å². The number of carbonyl (C=O) groups is 1. The van der Waals surface area contributed by atoms with Gasteiger partial charge >= 0.3 is 0 Å². The molecule has 1 N–H and O–H groups in total. The van der Waals surface area contributed by atoms with Gasteiger partial charge in [-0.25, -0.2) is 0 Å².